The number of nitrogens with one attached hydrogen (secondary N) is 2. The van der Waals surface area contributed by atoms with E-state index in [4.69, 9.17) is 15.0 Å². The molecule has 0 aliphatic rings. The van der Waals surface area contributed by atoms with Gasteiger partial charge in [-0.3, -0.25) is 9.32 Å². The van der Waals surface area contributed by atoms with Crippen LogP contribution in [0.3, 0.4) is 0 Å². The number of sulfonamides is 1. The van der Waals surface area contributed by atoms with Gasteiger partial charge in [-0.2, -0.15) is 4.31 Å². The van der Waals surface area contributed by atoms with Crippen molar-refractivity contribution in [1.29, 1.82) is 0 Å². The molecule has 13 nitrogen and oxygen atoms in total. The van der Waals surface area contributed by atoms with Gasteiger partial charge < -0.3 is 32.3 Å². The molecule has 0 saturated carbocycles. The zero-order valence-electron chi connectivity index (χ0n) is 29.6. The number of methoxy groups -OCH3 is 1. The predicted molar refractivity (Wildman–Crippen MR) is 183 cm³/mol. The van der Waals surface area contributed by atoms with Crippen LogP contribution in [0.5, 0.6) is 0 Å². The number of carbonyl (C=O) groups excluding carboxylic acids is 2. The van der Waals surface area contributed by atoms with Crippen LogP contribution in [-0.4, -0.2) is 73.4 Å². The van der Waals surface area contributed by atoms with E-state index in [0.29, 0.717) is 12.8 Å². The van der Waals surface area contributed by atoms with Gasteiger partial charge >= 0.3 is 43.5 Å². The molecule has 6 N–H and O–H groups in total. The van der Waals surface area contributed by atoms with Crippen LogP contribution in [0.1, 0.15) is 51.6 Å². The third-order valence-corrected chi connectivity index (χ3v) is 10.0. The van der Waals surface area contributed by atoms with Crippen LogP contribution in [0.25, 0.3) is 0 Å². The van der Waals surface area contributed by atoms with Gasteiger partial charge in [-0.1, -0.05) is 80.9 Å². The van der Waals surface area contributed by atoms with Crippen molar-refractivity contribution >= 4 is 35.5 Å². The molecule has 0 heterocycles. The molecule has 2 unspecified atom stereocenters. The molecular weight excluding hydrogens is 701 g/mol. The SMILES string of the molecule is COC(=O)NC(C(=O)NCCCCC(COP(=O)(O)O)N(CC(C)C)S(=O)(=O)c1ccc(N)c(F)c1)C(c1ccccc1)c1ccccc1.[H-].[Na+]. The van der Waals surface area contributed by atoms with E-state index >= 15 is 0 Å². The quantitative estimate of drug-likeness (QED) is 0.0551. The topological polar surface area (TPSA) is 198 Å². The van der Waals surface area contributed by atoms with Gasteiger partial charge in [-0.05, 0) is 48.1 Å². The Morgan fingerprint density at radius 1 is 1.00 bits per heavy atom. The summed E-state index contributed by atoms with van der Waals surface area (Å²) in [5.74, 6) is -2.19. The van der Waals surface area contributed by atoms with Gasteiger partial charge in [0.1, 0.15) is 11.9 Å². The van der Waals surface area contributed by atoms with E-state index in [1.165, 1.54) is 7.11 Å². The third kappa shape index (κ3) is 13.0. The standard InChI is InChI=1S/C33H44FN4O9PS.Na.H/c1-23(2)21-38(49(44,45)27-17-18-29(35)28(34)20-27)26(22-47-48(41,42)43)16-10-11-19-36-32(39)31(37-33(40)46-3)30(24-12-6-4-7-13-24)25-14-8-5-9-15-25;;/h4-9,12-15,17-18,20,23,26,30-31H,10-11,16,19,21-22,35H2,1-3H3,(H,36,39)(H,37,40)(H2,41,42,43);;/q;+1;-1. The number of unbranched alkanes of at least 4 members (excludes halogenated alkanes) is 1. The van der Waals surface area contributed by atoms with Gasteiger partial charge in [0.25, 0.3) is 0 Å². The summed E-state index contributed by atoms with van der Waals surface area (Å²) in [6.07, 6.45) is -0.0840. The second-order valence-corrected chi connectivity index (χ2v) is 14.9. The maximum atomic E-state index is 14.3. The van der Waals surface area contributed by atoms with E-state index in [1.54, 1.807) is 13.8 Å². The maximum Gasteiger partial charge on any atom is 1.00 e. The molecule has 3 rings (SSSR count). The van der Waals surface area contributed by atoms with Crippen LogP contribution in [0.2, 0.25) is 0 Å². The molecule has 0 aliphatic carbocycles. The van der Waals surface area contributed by atoms with Crippen LogP contribution >= 0.6 is 7.82 Å². The predicted octanol–water partition coefficient (Wildman–Crippen LogP) is 1.49. The number of carbonyl (C=O) groups is 2. The molecule has 2 amide bonds. The Labute approximate surface area is 316 Å². The Hall–Kier alpha value is -2.85. The molecule has 0 saturated heterocycles. The molecule has 0 aromatic heterocycles. The molecule has 0 radical (unpaired) electrons. The van der Waals surface area contributed by atoms with Crippen LogP contribution in [0.15, 0.2) is 83.8 Å². The summed E-state index contributed by atoms with van der Waals surface area (Å²) in [5, 5.41) is 5.50. The van der Waals surface area contributed by atoms with Gasteiger partial charge in [0.05, 0.1) is 24.3 Å². The first-order chi connectivity index (χ1) is 23.1. The number of phosphoric ester groups is 1. The second kappa shape index (κ2) is 20.3. The monoisotopic (exact) mass is 746 g/mol. The first-order valence-electron chi connectivity index (χ1n) is 15.6. The molecule has 0 bridgehead atoms. The average molecular weight is 747 g/mol. The first kappa shape index (κ1) is 43.3. The molecule has 270 valence electrons. The van der Waals surface area contributed by atoms with Gasteiger partial charge in [-0.25, -0.2) is 22.2 Å². The van der Waals surface area contributed by atoms with Crippen molar-refractivity contribution in [3.63, 3.8) is 0 Å². The molecule has 3 aromatic rings. The third-order valence-electron chi connectivity index (χ3n) is 7.62. The smallest absolute Gasteiger partial charge is 1.00 e. The Morgan fingerprint density at radius 2 is 1.58 bits per heavy atom. The van der Waals surface area contributed by atoms with E-state index in [-0.39, 0.29) is 67.0 Å². The van der Waals surface area contributed by atoms with Crippen molar-refractivity contribution in [2.75, 3.05) is 32.5 Å². The fourth-order valence-electron chi connectivity index (χ4n) is 5.31. The minimum Gasteiger partial charge on any atom is -1.00 e. The summed E-state index contributed by atoms with van der Waals surface area (Å²) < 4.78 is 64.0. The maximum absolute atomic E-state index is 14.3. The molecule has 3 aromatic carbocycles. The number of rotatable bonds is 18. The summed E-state index contributed by atoms with van der Waals surface area (Å²) in [6.45, 7) is 2.96. The number of alkyl carbamates (subject to hydrolysis) is 1. The summed E-state index contributed by atoms with van der Waals surface area (Å²) in [4.78, 5) is 44.5. The van der Waals surface area contributed by atoms with Crippen LogP contribution < -0.4 is 45.9 Å². The van der Waals surface area contributed by atoms with E-state index in [2.05, 4.69) is 10.6 Å². The fourth-order valence-corrected chi connectivity index (χ4v) is 7.49. The van der Waals surface area contributed by atoms with E-state index in [0.717, 1.165) is 33.6 Å². The van der Waals surface area contributed by atoms with Crippen molar-refractivity contribution in [3.8, 4) is 0 Å². The number of hydrogen-bond acceptors (Lipinski definition) is 8. The summed E-state index contributed by atoms with van der Waals surface area (Å²) in [7, 11) is -8.14. The summed E-state index contributed by atoms with van der Waals surface area (Å²) >= 11 is 0. The van der Waals surface area contributed by atoms with Crippen LogP contribution in [0, 0.1) is 11.7 Å². The minimum absolute atomic E-state index is 0. The number of benzene rings is 3. The van der Waals surface area contributed by atoms with Gasteiger partial charge in [0, 0.05) is 25.0 Å². The molecular formula is C33H45FN4NaO9PS. The number of amides is 2. The van der Waals surface area contributed by atoms with Gasteiger partial charge in [0.2, 0.25) is 15.9 Å². The van der Waals surface area contributed by atoms with E-state index in [9.17, 15) is 36.7 Å². The van der Waals surface area contributed by atoms with E-state index < -0.39 is 60.3 Å². The van der Waals surface area contributed by atoms with Crippen molar-refractivity contribution in [2.24, 2.45) is 5.92 Å². The number of phosphoric acid groups is 1. The average Bonchev–Trinajstić information content (AvgIpc) is 3.06. The zero-order valence-corrected chi connectivity index (χ0v) is 32.3. The Bertz CT molecular complexity index is 1650. The molecule has 0 spiro atoms. The Morgan fingerprint density at radius 3 is 2.08 bits per heavy atom. The van der Waals surface area contributed by atoms with Crippen LogP contribution in [-0.2, 0) is 28.6 Å². The number of anilines is 1. The number of nitrogen functional groups attached to an aromatic ring is 1. The minimum atomic E-state index is -4.98. The fraction of sp³-hybridized carbons (Fsp3) is 0.394. The Balaban J connectivity index is 0.00000650. The summed E-state index contributed by atoms with van der Waals surface area (Å²) in [5.41, 5.74) is 6.87. The summed E-state index contributed by atoms with van der Waals surface area (Å²) in [6, 6.07) is 19.4. The molecule has 2 atom stereocenters. The van der Waals surface area contributed by atoms with E-state index in [1.807, 2.05) is 60.7 Å². The zero-order chi connectivity index (χ0) is 36.2. The number of nitrogens with two attached hydrogens (primary N) is 1. The first-order valence-corrected chi connectivity index (χ1v) is 18.6. The number of halogens is 1. The normalized spacial score (nSPS) is 13.1. The van der Waals surface area contributed by atoms with Crippen molar-refractivity contribution in [1.82, 2.24) is 14.9 Å². The van der Waals surface area contributed by atoms with Crippen molar-refractivity contribution in [2.45, 2.75) is 56.0 Å². The number of ether oxygens (including phenoxy) is 1. The number of nitrogens with zero attached hydrogens (tertiary/aromatic N) is 1. The molecule has 0 fully saturated rings. The van der Waals surface area contributed by atoms with Gasteiger partial charge in [0.15, 0.2) is 0 Å². The number of hydrogen-bond donors (Lipinski definition) is 5. The largest absolute Gasteiger partial charge is 1.00 e. The molecule has 0 aliphatic heterocycles. The van der Waals surface area contributed by atoms with Crippen molar-refractivity contribution in [3.05, 3.63) is 95.8 Å². The molecule has 17 heteroatoms. The van der Waals surface area contributed by atoms with Crippen LogP contribution in [0.4, 0.5) is 14.9 Å². The second-order valence-electron chi connectivity index (χ2n) is 11.8. The Kier molecular flexibility index (Phi) is 17.5. The van der Waals surface area contributed by atoms with Crippen molar-refractivity contribution < 1.29 is 77.0 Å². The van der Waals surface area contributed by atoms with Gasteiger partial charge in [-0.15, -0.1) is 0 Å². The molecule has 50 heavy (non-hydrogen) atoms.